The summed E-state index contributed by atoms with van der Waals surface area (Å²) >= 11 is 12.7. The largest absolute Gasteiger partial charge is 0.357 e. The number of hydrogen-bond acceptors (Lipinski definition) is 4. The van der Waals surface area contributed by atoms with E-state index in [1.54, 1.807) is 62.4 Å². The van der Waals surface area contributed by atoms with Crippen molar-refractivity contribution >= 4 is 50.7 Å². The van der Waals surface area contributed by atoms with Crippen molar-refractivity contribution in [2.75, 3.05) is 17.9 Å². The molecule has 37 heavy (non-hydrogen) atoms. The van der Waals surface area contributed by atoms with Crippen molar-refractivity contribution in [2.45, 2.75) is 38.3 Å². The number of likely N-dealkylation sites (N-methyl/N-ethyl adjacent to an activating group) is 1. The molecule has 7 nitrogen and oxygen atoms in total. The maximum absolute atomic E-state index is 13.8. The summed E-state index contributed by atoms with van der Waals surface area (Å²) in [5.41, 5.74) is 2.46. The number of rotatable bonds is 9. The number of carbonyl (C=O) groups excluding carboxylic acids is 2. The first-order valence-electron chi connectivity index (χ1n) is 11.6. The van der Waals surface area contributed by atoms with Crippen LogP contribution in [-0.2, 0) is 26.2 Å². The molecule has 3 aromatic carbocycles. The minimum atomic E-state index is -4.13. The van der Waals surface area contributed by atoms with Crippen molar-refractivity contribution in [2.24, 2.45) is 0 Å². The number of hydrogen-bond donors (Lipinski definition) is 1. The minimum absolute atomic E-state index is 0.0443. The summed E-state index contributed by atoms with van der Waals surface area (Å²) < 4.78 is 28.7. The van der Waals surface area contributed by atoms with Crippen molar-refractivity contribution in [3.05, 3.63) is 93.5 Å². The average Bonchev–Trinajstić information content (AvgIpc) is 2.87. The smallest absolute Gasteiger partial charge is 0.264 e. The van der Waals surface area contributed by atoms with E-state index in [9.17, 15) is 18.0 Å². The number of anilines is 1. The average molecular weight is 563 g/mol. The molecule has 1 unspecified atom stereocenters. The fourth-order valence-electron chi connectivity index (χ4n) is 3.96. The first-order valence-corrected chi connectivity index (χ1v) is 13.8. The molecule has 0 fully saturated rings. The molecule has 1 atom stereocenters. The molecule has 0 bridgehead atoms. The molecule has 3 rings (SSSR count). The van der Waals surface area contributed by atoms with Crippen molar-refractivity contribution in [3.8, 4) is 0 Å². The molecule has 0 aliphatic heterocycles. The van der Waals surface area contributed by atoms with Crippen LogP contribution in [0.5, 0.6) is 0 Å². The van der Waals surface area contributed by atoms with Gasteiger partial charge in [0.2, 0.25) is 11.8 Å². The van der Waals surface area contributed by atoms with E-state index < -0.39 is 34.4 Å². The van der Waals surface area contributed by atoms with Crippen LogP contribution in [0.4, 0.5) is 5.69 Å². The Kier molecular flexibility index (Phi) is 9.23. The lowest BCUT2D eigenvalue weighted by Gasteiger charge is -2.32. The molecular weight excluding hydrogens is 533 g/mol. The summed E-state index contributed by atoms with van der Waals surface area (Å²) in [7, 11) is -2.66. The maximum atomic E-state index is 13.8. The topological polar surface area (TPSA) is 86.8 Å². The zero-order chi connectivity index (χ0) is 27.3. The predicted molar refractivity (Wildman–Crippen MR) is 147 cm³/mol. The monoisotopic (exact) mass is 561 g/mol. The van der Waals surface area contributed by atoms with Crippen LogP contribution in [0.2, 0.25) is 10.0 Å². The van der Waals surface area contributed by atoms with Crippen LogP contribution in [0.3, 0.4) is 0 Å². The molecule has 0 saturated heterocycles. The van der Waals surface area contributed by atoms with Crippen molar-refractivity contribution in [1.82, 2.24) is 10.2 Å². The van der Waals surface area contributed by atoms with Gasteiger partial charge in [-0.15, -0.1) is 0 Å². The van der Waals surface area contributed by atoms with Crippen molar-refractivity contribution in [3.63, 3.8) is 0 Å². The number of benzene rings is 3. The van der Waals surface area contributed by atoms with E-state index in [1.807, 2.05) is 13.0 Å². The van der Waals surface area contributed by atoms with Gasteiger partial charge in [-0.2, -0.15) is 0 Å². The second-order valence-electron chi connectivity index (χ2n) is 8.63. The molecular formula is C27H29Cl2N3O4S. The Morgan fingerprint density at radius 1 is 0.946 bits per heavy atom. The van der Waals surface area contributed by atoms with E-state index in [1.165, 1.54) is 24.1 Å². The highest BCUT2D eigenvalue weighted by molar-refractivity contribution is 7.92. The molecule has 0 heterocycles. The highest BCUT2D eigenvalue weighted by Crippen LogP contribution is 2.30. The summed E-state index contributed by atoms with van der Waals surface area (Å²) in [6.45, 7) is 4.63. The Balaban J connectivity index is 2.09. The third-order valence-corrected chi connectivity index (χ3v) is 8.52. The fraction of sp³-hybridized carbons (Fsp3) is 0.259. The van der Waals surface area contributed by atoms with E-state index in [0.717, 1.165) is 9.87 Å². The Morgan fingerprint density at radius 3 is 2.14 bits per heavy atom. The number of halogens is 2. The van der Waals surface area contributed by atoms with Gasteiger partial charge >= 0.3 is 0 Å². The van der Waals surface area contributed by atoms with E-state index in [4.69, 9.17) is 23.2 Å². The molecule has 0 aliphatic rings. The van der Waals surface area contributed by atoms with Gasteiger partial charge in [-0.05, 0) is 56.7 Å². The van der Waals surface area contributed by atoms with Crippen LogP contribution in [0.15, 0.2) is 71.6 Å². The number of nitrogens with zero attached hydrogens (tertiary/aromatic N) is 2. The minimum Gasteiger partial charge on any atom is -0.357 e. The lowest BCUT2D eigenvalue weighted by molar-refractivity contribution is -0.139. The molecule has 196 valence electrons. The molecule has 10 heteroatoms. The summed E-state index contributed by atoms with van der Waals surface area (Å²) in [6.07, 6.45) is 0. The summed E-state index contributed by atoms with van der Waals surface area (Å²) in [6, 6.07) is 17.2. The van der Waals surface area contributed by atoms with Gasteiger partial charge in [0.1, 0.15) is 12.6 Å². The second kappa shape index (κ2) is 12.0. The van der Waals surface area contributed by atoms with Gasteiger partial charge in [-0.25, -0.2) is 8.42 Å². The lowest BCUT2D eigenvalue weighted by Crippen LogP contribution is -2.50. The molecule has 0 aliphatic carbocycles. The number of sulfonamides is 1. The lowest BCUT2D eigenvalue weighted by atomic mass is 10.1. The number of nitrogens with one attached hydrogen (secondary N) is 1. The second-order valence-corrected chi connectivity index (χ2v) is 11.3. The number of carbonyl (C=O) groups is 2. The molecule has 0 radical (unpaired) electrons. The molecule has 3 aromatic rings. The maximum Gasteiger partial charge on any atom is 0.264 e. The summed E-state index contributed by atoms with van der Waals surface area (Å²) in [5.74, 6) is -1.01. The van der Waals surface area contributed by atoms with Crippen LogP contribution < -0.4 is 9.62 Å². The quantitative estimate of drug-likeness (QED) is 0.399. The number of aryl methyl sites for hydroxylation is 2. The van der Waals surface area contributed by atoms with E-state index in [0.29, 0.717) is 26.9 Å². The zero-order valence-corrected chi connectivity index (χ0v) is 23.4. The molecule has 0 aromatic heterocycles. The van der Waals surface area contributed by atoms with Gasteiger partial charge in [0.15, 0.2) is 0 Å². The van der Waals surface area contributed by atoms with Crippen molar-refractivity contribution in [1.29, 1.82) is 0 Å². The number of amides is 2. The van der Waals surface area contributed by atoms with Crippen LogP contribution in [0, 0.1) is 13.8 Å². The Bertz CT molecular complexity index is 1380. The standard InChI is InChI=1S/C27H29Cl2N3O4S/c1-18-13-14-25(19(2)15-18)32(37(35,36)21-9-6-5-7-10-21)17-26(33)31(20(3)27(34)30-4)16-22-23(28)11-8-12-24(22)29/h5-15,20H,16-17H2,1-4H3,(H,30,34). The van der Waals surface area contributed by atoms with Crippen LogP contribution in [-0.4, -0.2) is 44.8 Å². The van der Waals surface area contributed by atoms with Gasteiger partial charge in [0.05, 0.1) is 10.6 Å². The van der Waals surface area contributed by atoms with Gasteiger partial charge in [0, 0.05) is 29.2 Å². The van der Waals surface area contributed by atoms with Gasteiger partial charge in [-0.1, -0.05) is 65.2 Å². The Morgan fingerprint density at radius 2 is 1.57 bits per heavy atom. The summed E-state index contributed by atoms with van der Waals surface area (Å²) in [4.78, 5) is 27.7. The van der Waals surface area contributed by atoms with E-state index in [-0.39, 0.29) is 11.4 Å². The van der Waals surface area contributed by atoms with E-state index >= 15 is 0 Å². The normalized spacial score (nSPS) is 12.1. The third kappa shape index (κ3) is 6.44. The third-order valence-electron chi connectivity index (χ3n) is 6.03. The Hall–Kier alpha value is -3.07. The molecule has 1 N–H and O–H groups in total. The van der Waals surface area contributed by atoms with Gasteiger partial charge in [-0.3, -0.25) is 13.9 Å². The highest BCUT2D eigenvalue weighted by Gasteiger charge is 2.33. The Labute approximate surface area is 228 Å². The van der Waals surface area contributed by atoms with Crippen molar-refractivity contribution < 1.29 is 18.0 Å². The van der Waals surface area contributed by atoms with Gasteiger partial charge in [0.25, 0.3) is 10.0 Å². The van der Waals surface area contributed by atoms with Crippen LogP contribution in [0.25, 0.3) is 0 Å². The predicted octanol–water partition coefficient (Wildman–Crippen LogP) is 4.97. The zero-order valence-electron chi connectivity index (χ0n) is 21.0. The molecule has 0 saturated carbocycles. The summed E-state index contributed by atoms with van der Waals surface area (Å²) in [5, 5.41) is 3.20. The molecule has 0 spiro atoms. The van der Waals surface area contributed by atoms with E-state index in [2.05, 4.69) is 5.32 Å². The van der Waals surface area contributed by atoms with Crippen LogP contribution in [0.1, 0.15) is 23.6 Å². The van der Waals surface area contributed by atoms with Gasteiger partial charge < -0.3 is 10.2 Å². The molecule has 2 amide bonds. The SMILES string of the molecule is CNC(=O)C(C)N(Cc1c(Cl)cccc1Cl)C(=O)CN(c1ccc(C)cc1C)S(=O)(=O)c1ccccc1. The first kappa shape index (κ1) is 28.5. The van der Waals surface area contributed by atoms with Crippen LogP contribution >= 0.6 is 23.2 Å². The fourth-order valence-corrected chi connectivity index (χ4v) is 5.98. The highest BCUT2D eigenvalue weighted by atomic mass is 35.5. The first-order chi connectivity index (χ1) is 17.5.